The van der Waals surface area contributed by atoms with E-state index in [-0.39, 0.29) is 12.2 Å². The molecule has 0 unspecified atom stereocenters. The van der Waals surface area contributed by atoms with Crippen molar-refractivity contribution in [2.24, 2.45) is 5.10 Å². The largest absolute Gasteiger partial charge is 0.493 e. The van der Waals surface area contributed by atoms with Crippen LogP contribution in [0.3, 0.4) is 0 Å². The predicted molar refractivity (Wildman–Crippen MR) is 107 cm³/mol. The Bertz CT molecular complexity index is 908. The van der Waals surface area contributed by atoms with Gasteiger partial charge in [-0.1, -0.05) is 0 Å². The molecule has 2 N–H and O–H groups in total. The fraction of sp³-hybridized carbons (Fsp3) is 0.350. The number of esters is 1. The highest BCUT2D eigenvalue weighted by Crippen LogP contribution is 2.38. The number of carbonyl (C=O) groups is 2. The summed E-state index contributed by atoms with van der Waals surface area (Å²) in [7, 11) is 4.42. The van der Waals surface area contributed by atoms with Crippen molar-refractivity contribution in [3.8, 4) is 17.2 Å². The van der Waals surface area contributed by atoms with Crippen molar-refractivity contribution >= 4 is 18.1 Å². The van der Waals surface area contributed by atoms with Crippen LogP contribution in [0.25, 0.3) is 0 Å². The number of hydrogen-bond donors (Lipinski definition) is 2. The minimum atomic E-state index is -0.461. The van der Waals surface area contributed by atoms with E-state index in [1.165, 1.54) is 39.7 Å². The van der Waals surface area contributed by atoms with Crippen LogP contribution in [0.4, 0.5) is 0 Å². The number of benzene rings is 1. The Morgan fingerprint density at radius 3 is 2.24 bits per heavy atom. The lowest BCUT2D eigenvalue weighted by Crippen LogP contribution is -2.18. The second-order valence-electron chi connectivity index (χ2n) is 6.00. The van der Waals surface area contributed by atoms with Crippen molar-refractivity contribution in [3.63, 3.8) is 0 Å². The van der Waals surface area contributed by atoms with Gasteiger partial charge in [-0.2, -0.15) is 5.10 Å². The number of nitrogens with one attached hydrogen (secondary N) is 2. The monoisotopic (exact) mass is 403 g/mol. The standard InChI is InChI=1S/C20H25N3O6/c1-7-29-20(25)17-11(2)14(12(3)22-17)10-21-23-19(24)13-8-15(26-4)18(28-6)16(9-13)27-5/h8-10,22H,7H2,1-6H3,(H,23,24)/b21-10-. The summed E-state index contributed by atoms with van der Waals surface area (Å²) < 4.78 is 20.8. The Labute approximate surface area is 169 Å². The van der Waals surface area contributed by atoms with E-state index in [1.807, 2.05) is 0 Å². The van der Waals surface area contributed by atoms with Gasteiger partial charge in [0, 0.05) is 16.8 Å². The van der Waals surface area contributed by atoms with Crippen molar-refractivity contribution in [1.29, 1.82) is 0 Å². The molecule has 2 rings (SSSR count). The molecule has 9 nitrogen and oxygen atoms in total. The number of ether oxygens (including phenoxy) is 4. The van der Waals surface area contributed by atoms with E-state index in [9.17, 15) is 9.59 Å². The lowest BCUT2D eigenvalue weighted by Gasteiger charge is -2.13. The number of aryl methyl sites for hydroxylation is 1. The molecule has 0 atom stereocenters. The molecule has 1 aromatic carbocycles. The molecule has 156 valence electrons. The summed E-state index contributed by atoms with van der Waals surface area (Å²) in [6.07, 6.45) is 1.47. The normalized spacial score (nSPS) is 10.7. The van der Waals surface area contributed by atoms with E-state index in [1.54, 1.807) is 20.8 Å². The Hall–Kier alpha value is -3.49. The average molecular weight is 403 g/mol. The lowest BCUT2D eigenvalue weighted by atomic mass is 10.1. The molecule has 9 heteroatoms. The third-order valence-corrected chi connectivity index (χ3v) is 4.26. The predicted octanol–water partition coefficient (Wildman–Crippen LogP) is 2.60. The molecule has 0 aliphatic rings. The number of hydrazone groups is 1. The second kappa shape index (κ2) is 9.63. The quantitative estimate of drug-likeness (QED) is 0.398. The molecule has 1 heterocycles. The van der Waals surface area contributed by atoms with E-state index in [0.717, 1.165) is 5.69 Å². The number of hydrogen-bond acceptors (Lipinski definition) is 7. The zero-order valence-corrected chi connectivity index (χ0v) is 17.3. The van der Waals surface area contributed by atoms with Crippen LogP contribution in [-0.2, 0) is 4.74 Å². The SMILES string of the molecule is CCOC(=O)c1[nH]c(C)c(/C=N\NC(=O)c2cc(OC)c(OC)c(OC)c2)c1C. The van der Waals surface area contributed by atoms with Gasteiger partial charge in [-0.25, -0.2) is 10.2 Å². The molecule has 0 saturated heterocycles. The number of amides is 1. The van der Waals surface area contributed by atoms with Gasteiger partial charge in [0.05, 0.1) is 34.2 Å². The van der Waals surface area contributed by atoms with Crippen LogP contribution in [-0.4, -0.2) is 51.0 Å². The van der Waals surface area contributed by atoms with Gasteiger partial charge in [-0.15, -0.1) is 0 Å². The maximum absolute atomic E-state index is 12.5. The van der Waals surface area contributed by atoms with Gasteiger partial charge in [0.1, 0.15) is 5.69 Å². The van der Waals surface area contributed by atoms with Gasteiger partial charge in [0.25, 0.3) is 5.91 Å². The highest BCUT2D eigenvalue weighted by molar-refractivity contribution is 5.97. The topological polar surface area (TPSA) is 111 Å². The summed E-state index contributed by atoms with van der Waals surface area (Å²) in [6.45, 7) is 5.60. The van der Waals surface area contributed by atoms with Crippen molar-refractivity contribution < 1.29 is 28.5 Å². The summed E-state index contributed by atoms with van der Waals surface area (Å²) in [5.74, 6) is 0.209. The van der Waals surface area contributed by atoms with Gasteiger partial charge in [-0.05, 0) is 38.5 Å². The molecule has 0 radical (unpaired) electrons. The number of methoxy groups -OCH3 is 3. The number of carbonyl (C=O) groups excluding carboxylic acids is 2. The van der Waals surface area contributed by atoms with E-state index < -0.39 is 11.9 Å². The van der Waals surface area contributed by atoms with Crippen molar-refractivity contribution in [2.75, 3.05) is 27.9 Å². The fourth-order valence-electron chi connectivity index (χ4n) is 2.80. The number of nitrogens with zero attached hydrogens (tertiary/aromatic N) is 1. The smallest absolute Gasteiger partial charge is 0.355 e. The number of H-pyrrole nitrogens is 1. The minimum absolute atomic E-state index is 0.282. The molecule has 1 amide bonds. The maximum atomic E-state index is 12.5. The molecule has 0 aliphatic carbocycles. The lowest BCUT2D eigenvalue weighted by molar-refractivity contribution is 0.0519. The zero-order chi connectivity index (χ0) is 21.6. The van der Waals surface area contributed by atoms with Gasteiger partial charge in [0.2, 0.25) is 5.75 Å². The van der Waals surface area contributed by atoms with E-state index in [0.29, 0.717) is 34.1 Å². The highest BCUT2D eigenvalue weighted by Gasteiger charge is 2.18. The van der Waals surface area contributed by atoms with Crippen LogP contribution in [0.1, 0.15) is 44.6 Å². The average Bonchev–Trinajstić information content (AvgIpc) is 3.00. The summed E-state index contributed by atoms with van der Waals surface area (Å²) in [5.41, 5.74) is 5.21. The summed E-state index contributed by atoms with van der Waals surface area (Å²) in [6, 6.07) is 3.05. The Morgan fingerprint density at radius 1 is 1.10 bits per heavy atom. The Balaban J connectivity index is 2.21. The van der Waals surface area contributed by atoms with Crippen LogP contribution in [0.15, 0.2) is 17.2 Å². The molecule has 2 aromatic rings. The first kappa shape index (κ1) is 21.8. The van der Waals surface area contributed by atoms with Crippen LogP contribution in [0.5, 0.6) is 17.2 Å². The third kappa shape index (κ3) is 4.68. The van der Waals surface area contributed by atoms with Crippen molar-refractivity contribution in [2.45, 2.75) is 20.8 Å². The summed E-state index contributed by atoms with van der Waals surface area (Å²) in [5, 5.41) is 4.00. The van der Waals surface area contributed by atoms with Crippen LogP contribution < -0.4 is 19.6 Å². The van der Waals surface area contributed by atoms with E-state index in [4.69, 9.17) is 18.9 Å². The van der Waals surface area contributed by atoms with Crippen LogP contribution >= 0.6 is 0 Å². The van der Waals surface area contributed by atoms with Gasteiger partial charge in [-0.3, -0.25) is 4.79 Å². The van der Waals surface area contributed by atoms with Crippen molar-refractivity contribution in [3.05, 3.63) is 40.2 Å². The Kier molecular flexibility index (Phi) is 7.24. The molecule has 0 spiro atoms. The number of rotatable bonds is 8. The van der Waals surface area contributed by atoms with Gasteiger partial charge < -0.3 is 23.9 Å². The zero-order valence-electron chi connectivity index (χ0n) is 17.3. The first-order chi connectivity index (χ1) is 13.9. The van der Waals surface area contributed by atoms with Gasteiger partial charge >= 0.3 is 5.97 Å². The molecule has 0 saturated carbocycles. The highest BCUT2D eigenvalue weighted by atomic mass is 16.5. The van der Waals surface area contributed by atoms with E-state index in [2.05, 4.69) is 15.5 Å². The van der Waals surface area contributed by atoms with E-state index >= 15 is 0 Å². The summed E-state index contributed by atoms with van der Waals surface area (Å²) >= 11 is 0. The molecular formula is C20H25N3O6. The second-order valence-corrected chi connectivity index (χ2v) is 6.00. The molecule has 0 bridgehead atoms. The first-order valence-corrected chi connectivity index (χ1v) is 8.87. The van der Waals surface area contributed by atoms with Crippen LogP contribution in [0.2, 0.25) is 0 Å². The molecule has 0 aliphatic heterocycles. The Morgan fingerprint density at radius 2 is 1.72 bits per heavy atom. The third-order valence-electron chi connectivity index (χ3n) is 4.26. The number of aromatic amines is 1. The molecule has 0 fully saturated rings. The summed E-state index contributed by atoms with van der Waals surface area (Å²) in [4.78, 5) is 27.4. The molecule has 1 aromatic heterocycles. The minimum Gasteiger partial charge on any atom is -0.493 e. The molecular weight excluding hydrogens is 378 g/mol. The fourth-order valence-corrected chi connectivity index (χ4v) is 2.80. The van der Waals surface area contributed by atoms with Crippen LogP contribution in [0, 0.1) is 13.8 Å². The molecule has 29 heavy (non-hydrogen) atoms. The number of aromatic nitrogens is 1. The maximum Gasteiger partial charge on any atom is 0.355 e. The van der Waals surface area contributed by atoms with Gasteiger partial charge in [0.15, 0.2) is 11.5 Å². The first-order valence-electron chi connectivity index (χ1n) is 8.87. The van der Waals surface area contributed by atoms with Crippen molar-refractivity contribution in [1.82, 2.24) is 10.4 Å².